The molecule has 0 amide bonds. The normalized spacial score (nSPS) is 18.7. The van der Waals surface area contributed by atoms with E-state index in [1.807, 2.05) is 18.2 Å². The fraction of sp³-hybridized carbons (Fsp3) is 0.600. The molecule has 1 N–H and O–H groups in total. The number of piperidine rings is 1. The van der Waals surface area contributed by atoms with Gasteiger partial charge in [-0.05, 0) is 56.0 Å². The summed E-state index contributed by atoms with van der Waals surface area (Å²) in [4.78, 5) is 0. The van der Waals surface area contributed by atoms with Gasteiger partial charge in [-0.3, -0.25) is 0 Å². The first kappa shape index (κ1) is 16.3. The van der Waals surface area contributed by atoms with E-state index < -0.39 is 0 Å². The molecule has 1 atom stereocenters. The van der Waals surface area contributed by atoms with Crippen molar-refractivity contribution in [1.82, 2.24) is 5.32 Å². The smallest absolute Gasteiger partial charge is 0.119 e. The van der Waals surface area contributed by atoms with Gasteiger partial charge in [0, 0.05) is 6.61 Å². The van der Waals surface area contributed by atoms with Gasteiger partial charge in [0.05, 0.1) is 13.7 Å². The molecule has 0 radical (unpaired) electrons. The van der Waals surface area contributed by atoms with Gasteiger partial charge in [-0.15, -0.1) is 12.4 Å². The first-order chi connectivity index (χ1) is 8.88. The lowest BCUT2D eigenvalue weighted by Crippen LogP contribution is -2.30. The molecule has 108 valence electrons. The third-order valence-corrected chi connectivity index (χ3v) is 3.47. The van der Waals surface area contributed by atoms with Crippen molar-refractivity contribution in [3.05, 3.63) is 29.8 Å². The molecular formula is C15H24ClNO2. The van der Waals surface area contributed by atoms with Crippen molar-refractivity contribution >= 4 is 12.4 Å². The number of halogens is 1. The zero-order valence-electron chi connectivity index (χ0n) is 11.6. The SMILES string of the molecule is COc1cccc(COCCC2CCCNC2)c1.Cl. The standard InChI is InChI=1S/C15H23NO2.ClH/c1-17-15-6-2-4-14(10-15)12-18-9-7-13-5-3-8-16-11-13;/h2,4,6,10,13,16H,3,5,7-9,11-12H2,1H3;1H. The lowest BCUT2D eigenvalue weighted by Gasteiger charge is -2.22. The highest BCUT2D eigenvalue weighted by molar-refractivity contribution is 5.85. The first-order valence-corrected chi connectivity index (χ1v) is 6.80. The topological polar surface area (TPSA) is 30.5 Å². The van der Waals surface area contributed by atoms with Crippen LogP contribution in [-0.4, -0.2) is 26.8 Å². The molecule has 0 aromatic heterocycles. The highest BCUT2D eigenvalue weighted by Crippen LogP contribution is 2.16. The molecule has 0 saturated carbocycles. The Morgan fingerprint density at radius 1 is 1.37 bits per heavy atom. The Balaban J connectivity index is 0.00000180. The molecule has 1 saturated heterocycles. The Morgan fingerprint density at radius 3 is 3.00 bits per heavy atom. The summed E-state index contributed by atoms with van der Waals surface area (Å²) in [5.41, 5.74) is 1.18. The van der Waals surface area contributed by atoms with Gasteiger partial charge in [0.1, 0.15) is 5.75 Å². The van der Waals surface area contributed by atoms with Crippen molar-refractivity contribution in [2.24, 2.45) is 5.92 Å². The van der Waals surface area contributed by atoms with Crippen LogP contribution < -0.4 is 10.1 Å². The van der Waals surface area contributed by atoms with E-state index in [2.05, 4.69) is 11.4 Å². The number of benzene rings is 1. The summed E-state index contributed by atoms with van der Waals surface area (Å²) in [5, 5.41) is 3.44. The Hall–Kier alpha value is -0.770. The second-order valence-corrected chi connectivity index (χ2v) is 4.91. The Morgan fingerprint density at radius 2 is 2.26 bits per heavy atom. The van der Waals surface area contributed by atoms with Gasteiger partial charge in [-0.2, -0.15) is 0 Å². The summed E-state index contributed by atoms with van der Waals surface area (Å²) in [6.07, 6.45) is 3.81. The van der Waals surface area contributed by atoms with E-state index in [0.29, 0.717) is 6.61 Å². The maximum absolute atomic E-state index is 5.74. The number of nitrogens with one attached hydrogen (secondary N) is 1. The molecule has 1 heterocycles. The quantitative estimate of drug-likeness (QED) is 0.815. The van der Waals surface area contributed by atoms with Gasteiger partial charge in [0.25, 0.3) is 0 Å². The first-order valence-electron chi connectivity index (χ1n) is 6.80. The van der Waals surface area contributed by atoms with E-state index >= 15 is 0 Å². The number of methoxy groups -OCH3 is 1. The molecule has 1 aliphatic heterocycles. The van der Waals surface area contributed by atoms with Gasteiger partial charge >= 0.3 is 0 Å². The maximum Gasteiger partial charge on any atom is 0.119 e. The zero-order valence-corrected chi connectivity index (χ0v) is 12.4. The summed E-state index contributed by atoms with van der Waals surface area (Å²) in [6, 6.07) is 8.06. The predicted molar refractivity (Wildman–Crippen MR) is 80.1 cm³/mol. The zero-order chi connectivity index (χ0) is 12.6. The molecule has 0 spiro atoms. The Bertz CT molecular complexity index is 354. The van der Waals surface area contributed by atoms with Gasteiger partial charge in [-0.25, -0.2) is 0 Å². The monoisotopic (exact) mass is 285 g/mol. The van der Waals surface area contributed by atoms with Crippen LogP contribution in [0.2, 0.25) is 0 Å². The molecule has 1 aliphatic rings. The second-order valence-electron chi connectivity index (χ2n) is 4.91. The lowest BCUT2D eigenvalue weighted by molar-refractivity contribution is 0.103. The number of hydrogen-bond donors (Lipinski definition) is 1. The Kier molecular flexibility index (Phi) is 7.87. The number of ether oxygens (including phenoxy) is 2. The van der Waals surface area contributed by atoms with Crippen molar-refractivity contribution < 1.29 is 9.47 Å². The minimum atomic E-state index is 0. The van der Waals surface area contributed by atoms with Crippen LogP contribution in [0.4, 0.5) is 0 Å². The van der Waals surface area contributed by atoms with Crippen molar-refractivity contribution in [2.45, 2.75) is 25.9 Å². The molecule has 1 aromatic rings. The molecule has 0 bridgehead atoms. The summed E-state index contributed by atoms with van der Waals surface area (Å²) in [6.45, 7) is 3.87. The maximum atomic E-state index is 5.74. The highest BCUT2D eigenvalue weighted by atomic mass is 35.5. The summed E-state index contributed by atoms with van der Waals surface area (Å²) < 4.78 is 10.9. The van der Waals surface area contributed by atoms with Crippen molar-refractivity contribution in [1.29, 1.82) is 0 Å². The number of rotatable bonds is 6. The van der Waals surface area contributed by atoms with Gasteiger partial charge in [-0.1, -0.05) is 12.1 Å². The van der Waals surface area contributed by atoms with Crippen LogP contribution >= 0.6 is 12.4 Å². The molecular weight excluding hydrogens is 262 g/mol. The molecule has 2 rings (SSSR count). The molecule has 1 fully saturated rings. The van der Waals surface area contributed by atoms with Crippen LogP contribution in [0.5, 0.6) is 5.75 Å². The largest absolute Gasteiger partial charge is 0.497 e. The lowest BCUT2D eigenvalue weighted by atomic mass is 9.97. The third kappa shape index (κ3) is 5.81. The van der Waals surface area contributed by atoms with Crippen LogP contribution in [0.15, 0.2) is 24.3 Å². The minimum absolute atomic E-state index is 0. The average Bonchev–Trinajstić information content (AvgIpc) is 2.45. The van der Waals surface area contributed by atoms with E-state index in [-0.39, 0.29) is 12.4 Å². The van der Waals surface area contributed by atoms with Crippen molar-refractivity contribution in [2.75, 3.05) is 26.8 Å². The van der Waals surface area contributed by atoms with Crippen LogP contribution in [0.3, 0.4) is 0 Å². The van der Waals surface area contributed by atoms with Crippen LogP contribution in [0, 0.1) is 5.92 Å². The second kappa shape index (κ2) is 9.18. The molecule has 19 heavy (non-hydrogen) atoms. The molecule has 4 heteroatoms. The van der Waals surface area contributed by atoms with E-state index in [4.69, 9.17) is 9.47 Å². The minimum Gasteiger partial charge on any atom is -0.497 e. The van der Waals surface area contributed by atoms with Gasteiger partial charge in [0.15, 0.2) is 0 Å². The third-order valence-electron chi connectivity index (χ3n) is 3.47. The Labute approximate surface area is 122 Å². The molecule has 3 nitrogen and oxygen atoms in total. The van der Waals surface area contributed by atoms with Crippen LogP contribution in [0.1, 0.15) is 24.8 Å². The number of hydrogen-bond acceptors (Lipinski definition) is 3. The summed E-state index contributed by atoms with van der Waals surface area (Å²) in [7, 11) is 1.69. The van der Waals surface area contributed by atoms with Crippen LogP contribution in [-0.2, 0) is 11.3 Å². The van der Waals surface area contributed by atoms with Gasteiger partial charge in [0.2, 0.25) is 0 Å². The molecule has 1 aromatic carbocycles. The summed E-state index contributed by atoms with van der Waals surface area (Å²) in [5.74, 6) is 1.69. The highest BCUT2D eigenvalue weighted by Gasteiger charge is 2.12. The van der Waals surface area contributed by atoms with Crippen molar-refractivity contribution in [3.63, 3.8) is 0 Å². The van der Waals surface area contributed by atoms with E-state index in [1.54, 1.807) is 7.11 Å². The van der Waals surface area contributed by atoms with E-state index in [1.165, 1.54) is 24.9 Å². The molecule has 0 aliphatic carbocycles. The fourth-order valence-electron chi connectivity index (χ4n) is 2.37. The van der Waals surface area contributed by atoms with E-state index in [9.17, 15) is 0 Å². The summed E-state index contributed by atoms with van der Waals surface area (Å²) >= 11 is 0. The van der Waals surface area contributed by atoms with E-state index in [0.717, 1.165) is 31.2 Å². The predicted octanol–water partition coefficient (Wildman–Crippen LogP) is 3.02. The van der Waals surface area contributed by atoms with Gasteiger partial charge < -0.3 is 14.8 Å². The van der Waals surface area contributed by atoms with Crippen molar-refractivity contribution in [3.8, 4) is 5.75 Å². The fourth-order valence-corrected chi connectivity index (χ4v) is 2.37. The average molecular weight is 286 g/mol. The molecule has 1 unspecified atom stereocenters. The van der Waals surface area contributed by atoms with Crippen LogP contribution in [0.25, 0.3) is 0 Å².